The van der Waals surface area contributed by atoms with Crippen molar-refractivity contribution in [1.82, 2.24) is 0 Å². The molecule has 3 nitrogen and oxygen atoms in total. The summed E-state index contributed by atoms with van der Waals surface area (Å²) in [5, 5.41) is 13.6. The normalized spacial score (nSPS) is 10.3. The van der Waals surface area contributed by atoms with Gasteiger partial charge in [-0.3, -0.25) is 4.79 Å². The van der Waals surface area contributed by atoms with Crippen LogP contribution in [0.2, 0.25) is 10.0 Å². The van der Waals surface area contributed by atoms with Gasteiger partial charge in [0.2, 0.25) is 5.91 Å². The number of aryl methyl sites for hydroxylation is 1. The maximum absolute atomic E-state index is 12.2. The van der Waals surface area contributed by atoms with Crippen LogP contribution in [0.3, 0.4) is 0 Å². The van der Waals surface area contributed by atoms with Gasteiger partial charge in [0.25, 0.3) is 0 Å². The lowest BCUT2D eigenvalue weighted by Gasteiger charge is -2.05. The molecule has 0 atom stereocenters. The van der Waals surface area contributed by atoms with Crippen molar-refractivity contribution in [3.8, 4) is 6.07 Å². The van der Waals surface area contributed by atoms with Crippen molar-refractivity contribution in [1.29, 1.82) is 5.26 Å². The highest BCUT2D eigenvalue weighted by Gasteiger charge is 2.16. The van der Waals surface area contributed by atoms with E-state index in [0.717, 1.165) is 22.4 Å². The standard InChI is InChI=1S/C16H14Cl2N2OS/c1-3-11-9(2)22-16(12(11)8-19)20-15(21)7-10-4-5-13(17)14(18)6-10/h4-6H,3,7H2,1-2H3,(H,20,21). The highest BCUT2D eigenvalue weighted by molar-refractivity contribution is 7.16. The number of hydrogen-bond acceptors (Lipinski definition) is 3. The van der Waals surface area contributed by atoms with Gasteiger partial charge in [0.1, 0.15) is 11.1 Å². The van der Waals surface area contributed by atoms with Gasteiger partial charge in [0, 0.05) is 4.88 Å². The summed E-state index contributed by atoms with van der Waals surface area (Å²) in [6.07, 6.45) is 0.952. The summed E-state index contributed by atoms with van der Waals surface area (Å²) in [5.74, 6) is -0.182. The zero-order chi connectivity index (χ0) is 16.3. The fraction of sp³-hybridized carbons (Fsp3) is 0.250. The summed E-state index contributed by atoms with van der Waals surface area (Å²) in [4.78, 5) is 13.2. The van der Waals surface area contributed by atoms with Crippen LogP contribution in [0.5, 0.6) is 0 Å². The summed E-state index contributed by atoms with van der Waals surface area (Å²) in [5.41, 5.74) is 2.33. The fourth-order valence-corrected chi connectivity index (χ4v) is 3.65. The van der Waals surface area contributed by atoms with Crippen LogP contribution in [0, 0.1) is 18.3 Å². The third-order valence-corrected chi connectivity index (χ3v) is 5.08. The molecule has 0 unspecified atom stereocenters. The molecule has 1 aromatic carbocycles. The van der Waals surface area contributed by atoms with E-state index in [-0.39, 0.29) is 12.3 Å². The third kappa shape index (κ3) is 3.61. The van der Waals surface area contributed by atoms with Crippen LogP contribution >= 0.6 is 34.5 Å². The van der Waals surface area contributed by atoms with E-state index in [9.17, 15) is 10.1 Å². The Labute approximate surface area is 143 Å². The van der Waals surface area contributed by atoms with Crippen LogP contribution < -0.4 is 5.32 Å². The molecule has 0 radical (unpaired) electrons. The van der Waals surface area contributed by atoms with E-state index in [0.29, 0.717) is 20.6 Å². The number of thiophene rings is 1. The second-order valence-electron chi connectivity index (χ2n) is 4.78. The Morgan fingerprint density at radius 3 is 2.68 bits per heavy atom. The first kappa shape index (κ1) is 16.8. The van der Waals surface area contributed by atoms with Gasteiger partial charge in [0.05, 0.1) is 22.0 Å². The second kappa shape index (κ2) is 7.15. The number of nitrogens with zero attached hydrogens (tertiary/aromatic N) is 1. The van der Waals surface area contributed by atoms with Crippen molar-refractivity contribution in [3.63, 3.8) is 0 Å². The molecule has 0 bridgehead atoms. The van der Waals surface area contributed by atoms with Gasteiger partial charge in [-0.05, 0) is 36.6 Å². The van der Waals surface area contributed by atoms with Crippen molar-refractivity contribution in [2.45, 2.75) is 26.7 Å². The van der Waals surface area contributed by atoms with E-state index < -0.39 is 0 Å². The lowest BCUT2D eigenvalue weighted by atomic mass is 10.1. The van der Waals surface area contributed by atoms with E-state index in [2.05, 4.69) is 11.4 Å². The van der Waals surface area contributed by atoms with Crippen LogP contribution in [-0.2, 0) is 17.6 Å². The number of benzene rings is 1. The van der Waals surface area contributed by atoms with Crippen molar-refractivity contribution >= 4 is 45.4 Å². The Hall–Kier alpha value is -1.54. The number of anilines is 1. The summed E-state index contributed by atoms with van der Waals surface area (Å²) in [6, 6.07) is 7.28. The Morgan fingerprint density at radius 1 is 1.36 bits per heavy atom. The van der Waals surface area contributed by atoms with Crippen molar-refractivity contribution in [3.05, 3.63) is 49.8 Å². The Balaban J connectivity index is 2.16. The quantitative estimate of drug-likeness (QED) is 0.843. The van der Waals surface area contributed by atoms with Gasteiger partial charge in [-0.25, -0.2) is 0 Å². The topological polar surface area (TPSA) is 52.9 Å². The Morgan fingerprint density at radius 2 is 2.09 bits per heavy atom. The van der Waals surface area contributed by atoms with E-state index in [1.807, 2.05) is 13.8 Å². The molecular formula is C16H14Cl2N2OS. The molecular weight excluding hydrogens is 339 g/mol. The van der Waals surface area contributed by atoms with Crippen LogP contribution in [0.1, 0.15) is 28.5 Å². The summed E-state index contributed by atoms with van der Waals surface area (Å²) in [6.45, 7) is 3.95. The summed E-state index contributed by atoms with van der Waals surface area (Å²) >= 11 is 13.2. The number of carbonyl (C=O) groups is 1. The third-order valence-electron chi connectivity index (χ3n) is 3.28. The predicted molar refractivity (Wildman–Crippen MR) is 91.9 cm³/mol. The lowest BCUT2D eigenvalue weighted by Crippen LogP contribution is -2.14. The minimum absolute atomic E-state index is 0.181. The Kier molecular flexibility index (Phi) is 5.47. The molecule has 2 rings (SSSR count). The van der Waals surface area contributed by atoms with Crippen molar-refractivity contribution in [2.24, 2.45) is 0 Å². The van der Waals surface area contributed by atoms with Gasteiger partial charge in [-0.1, -0.05) is 36.2 Å². The zero-order valence-corrected chi connectivity index (χ0v) is 14.5. The smallest absolute Gasteiger partial charge is 0.229 e. The number of amides is 1. The molecule has 1 N–H and O–H groups in total. The molecule has 0 fully saturated rings. The molecule has 6 heteroatoms. The SMILES string of the molecule is CCc1c(C)sc(NC(=O)Cc2ccc(Cl)c(Cl)c2)c1C#N. The first-order valence-electron chi connectivity index (χ1n) is 6.72. The number of hydrogen-bond donors (Lipinski definition) is 1. The molecule has 0 saturated carbocycles. The van der Waals surface area contributed by atoms with E-state index in [1.165, 1.54) is 11.3 Å². The van der Waals surface area contributed by atoms with Crippen LogP contribution in [0.15, 0.2) is 18.2 Å². The molecule has 114 valence electrons. The number of rotatable bonds is 4. The second-order valence-corrected chi connectivity index (χ2v) is 6.82. The van der Waals surface area contributed by atoms with Gasteiger partial charge < -0.3 is 5.32 Å². The average molecular weight is 353 g/mol. The van der Waals surface area contributed by atoms with Crippen LogP contribution in [0.4, 0.5) is 5.00 Å². The van der Waals surface area contributed by atoms with Crippen LogP contribution in [0.25, 0.3) is 0 Å². The lowest BCUT2D eigenvalue weighted by molar-refractivity contribution is -0.115. The van der Waals surface area contributed by atoms with Gasteiger partial charge in [-0.15, -0.1) is 11.3 Å². The first-order chi connectivity index (χ1) is 10.5. The monoisotopic (exact) mass is 352 g/mol. The first-order valence-corrected chi connectivity index (χ1v) is 8.29. The largest absolute Gasteiger partial charge is 0.316 e. The fourth-order valence-electron chi connectivity index (χ4n) is 2.22. The molecule has 1 amide bonds. The number of nitriles is 1. The molecule has 2 aromatic rings. The molecule has 0 aliphatic heterocycles. The maximum Gasteiger partial charge on any atom is 0.229 e. The highest BCUT2D eigenvalue weighted by Crippen LogP contribution is 2.33. The minimum Gasteiger partial charge on any atom is -0.316 e. The van der Waals surface area contributed by atoms with Crippen molar-refractivity contribution in [2.75, 3.05) is 5.32 Å². The van der Waals surface area contributed by atoms with E-state index in [1.54, 1.807) is 18.2 Å². The molecule has 22 heavy (non-hydrogen) atoms. The summed E-state index contributed by atoms with van der Waals surface area (Å²) in [7, 11) is 0. The number of carbonyl (C=O) groups excluding carboxylic acids is 1. The van der Waals surface area contributed by atoms with Gasteiger partial charge in [-0.2, -0.15) is 5.26 Å². The van der Waals surface area contributed by atoms with Gasteiger partial charge >= 0.3 is 0 Å². The molecule has 0 aliphatic rings. The van der Waals surface area contributed by atoms with Crippen LogP contribution in [-0.4, -0.2) is 5.91 Å². The number of nitrogens with one attached hydrogen (secondary N) is 1. The maximum atomic E-state index is 12.2. The average Bonchev–Trinajstić information content (AvgIpc) is 2.77. The van der Waals surface area contributed by atoms with E-state index in [4.69, 9.17) is 23.2 Å². The zero-order valence-electron chi connectivity index (χ0n) is 12.2. The molecule has 0 aliphatic carbocycles. The molecule has 0 saturated heterocycles. The molecule has 0 spiro atoms. The predicted octanol–water partition coefficient (Wildman–Crippen LogP) is 4.98. The minimum atomic E-state index is -0.182. The van der Waals surface area contributed by atoms with E-state index >= 15 is 0 Å². The van der Waals surface area contributed by atoms with Gasteiger partial charge in [0.15, 0.2) is 0 Å². The Bertz CT molecular complexity index is 762. The molecule has 1 aromatic heterocycles. The number of halogens is 2. The highest BCUT2D eigenvalue weighted by atomic mass is 35.5. The van der Waals surface area contributed by atoms with Crippen molar-refractivity contribution < 1.29 is 4.79 Å². The summed E-state index contributed by atoms with van der Waals surface area (Å²) < 4.78 is 0. The molecule has 1 heterocycles.